The molecule has 1 atom stereocenters. The van der Waals surface area contributed by atoms with Gasteiger partial charge in [0.25, 0.3) is 10.2 Å². The summed E-state index contributed by atoms with van der Waals surface area (Å²) in [6.45, 7) is -0.429. The molecule has 0 bridgehead atoms. The van der Waals surface area contributed by atoms with Crippen molar-refractivity contribution in [1.29, 1.82) is 0 Å². The lowest BCUT2D eigenvalue weighted by molar-refractivity contribution is -0.148. The van der Waals surface area contributed by atoms with Crippen molar-refractivity contribution in [2.75, 3.05) is 46.2 Å². The van der Waals surface area contributed by atoms with E-state index in [1.165, 1.54) is 33.2 Å². The summed E-state index contributed by atoms with van der Waals surface area (Å²) >= 11 is 0. The maximum atomic E-state index is 12.7. The van der Waals surface area contributed by atoms with Crippen LogP contribution in [0.5, 0.6) is 5.75 Å². The zero-order valence-electron chi connectivity index (χ0n) is 14.5. The monoisotopic (exact) mass is 371 g/mol. The van der Waals surface area contributed by atoms with E-state index in [0.29, 0.717) is 11.4 Å². The normalized spacial score (nSPS) is 17.2. The predicted molar refractivity (Wildman–Crippen MR) is 90.5 cm³/mol. The van der Waals surface area contributed by atoms with Crippen LogP contribution in [0.2, 0.25) is 0 Å². The number of fused-ring (bicyclic) bond motifs is 1. The fraction of sp³-hybridized carbons (Fsp3) is 0.467. The van der Waals surface area contributed by atoms with Crippen LogP contribution in [0.3, 0.4) is 0 Å². The number of para-hydroxylation sites is 2. The number of ether oxygens (including phenoxy) is 2. The van der Waals surface area contributed by atoms with Crippen molar-refractivity contribution in [1.82, 2.24) is 8.61 Å². The van der Waals surface area contributed by atoms with Gasteiger partial charge in [0.15, 0.2) is 0 Å². The maximum absolute atomic E-state index is 12.7. The number of benzene rings is 1. The second-order valence-corrected chi connectivity index (χ2v) is 7.90. The van der Waals surface area contributed by atoms with Gasteiger partial charge in [0.1, 0.15) is 5.75 Å². The molecule has 1 amide bonds. The summed E-state index contributed by atoms with van der Waals surface area (Å²) in [6.07, 6.45) is -0.973. The fourth-order valence-corrected chi connectivity index (χ4v) is 3.19. The number of hydrogen-bond donors (Lipinski definition) is 0. The Morgan fingerprint density at radius 2 is 1.92 bits per heavy atom. The number of likely N-dealkylation sites (N-methyl/N-ethyl adjacent to an activating group) is 1. The zero-order valence-corrected chi connectivity index (χ0v) is 15.3. The van der Waals surface area contributed by atoms with Crippen molar-refractivity contribution in [2.45, 2.75) is 6.10 Å². The van der Waals surface area contributed by atoms with Crippen LogP contribution in [-0.2, 0) is 24.5 Å². The van der Waals surface area contributed by atoms with Gasteiger partial charge in [-0.1, -0.05) is 12.1 Å². The molecule has 1 unspecified atom stereocenters. The SMILES string of the molecule is COC(=O)C1CN(C(=O)CN(C)S(=O)(=O)N(C)C)c2ccccc2O1. The summed E-state index contributed by atoms with van der Waals surface area (Å²) in [5, 5.41) is 0. The number of carbonyl (C=O) groups is 2. The van der Waals surface area contributed by atoms with Gasteiger partial charge in [0, 0.05) is 21.1 Å². The molecule has 2 rings (SSSR count). The number of nitrogens with zero attached hydrogens (tertiary/aromatic N) is 3. The van der Waals surface area contributed by atoms with Crippen LogP contribution in [0.4, 0.5) is 5.69 Å². The first-order valence-electron chi connectivity index (χ1n) is 7.46. The zero-order chi connectivity index (χ0) is 18.8. The average Bonchev–Trinajstić information content (AvgIpc) is 2.59. The highest BCUT2D eigenvalue weighted by molar-refractivity contribution is 7.86. The van der Waals surface area contributed by atoms with Gasteiger partial charge in [0.05, 0.1) is 25.9 Å². The summed E-state index contributed by atoms with van der Waals surface area (Å²) in [6, 6.07) is 6.73. The molecule has 25 heavy (non-hydrogen) atoms. The first-order valence-corrected chi connectivity index (χ1v) is 8.86. The molecule has 0 N–H and O–H groups in total. The summed E-state index contributed by atoms with van der Waals surface area (Å²) < 4.78 is 36.4. The Morgan fingerprint density at radius 3 is 2.52 bits per heavy atom. The van der Waals surface area contributed by atoms with E-state index in [1.54, 1.807) is 24.3 Å². The van der Waals surface area contributed by atoms with Gasteiger partial charge in [0.2, 0.25) is 12.0 Å². The topological polar surface area (TPSA) is 96.5 Å². The average molecular weight is 371 g/mol. The van der Waals surface area contributed by atoms with E-state index >= 15 is 0 Å². The second-order valence-electron chi connectivity index (χ2n) is 5.65. The Hall–Kier alpha value is -2.17. The molecule has 0 fully saturated rings. The van der Waals surface area contributed by atoms with Gasteiger partial charge in [-0.3, -0.25) is 4.79 Å². The van der Waals surface area contributed by atoms with E-state index in [1.807, 2.05) is 0 Å². The molecular weight excluding hydrogens is 350 g/mol. The minimum absolute atomic E-state index is 0.0572. The van der Waals surface area contributed by atoms with Crippen molar-refractivity contribution < 1.29 is 27.5 Å². The molecule has 0 aromatic heterocycles. The Bertz CT molecular complexity index is 764. The summed E-state index contributed by atoms with van der Waals surface area (Å²) in [5.41, 5.74) is 0.475. The van der Waals surface area contributed by atoms with Crippen LogP contribution >= 0.6 is 0 Å². The van der Waals surface area contributed by atoms with Crippen LogP contribution in [0, 0.1) is 0 Å². The van der Waals surface area contributed by atoms with Crippen molar-refractivity contribution in [3.63, 3.8) is 0 Å². The second kappa shape index (κ2) is 7.38. The molecule has 0 saturated carbocycles. The lowest BCUT2D eigenvalue weighted by Gasteiger charge is -2.34. The van der Waals surface area contributed by atoms with Crippen molar-refractivity contribution in [2.24, 2.45) is 0 Å². The van der Waals surface area contributed by atoms with Crippen LogP contribution < -0.4 is 9.64 Å². The van der Waals surface area contributed by atoms with E-state index in [2.05, 4.69) is 4.74 Å². The van der Waals surface area contributed by atoms with E-state index < -0.39 is 28.2 Å². The molecule has 10 heteroatoms. The molecule has 1 aromatic rings. The molecule has 1 aliphatic heterocycles. The highest BCUT2D eigenvalue weighted by Gasteiger charge is 2.35. The van der Waals surface area contributed by atoms with Crippen molar-refractivity contribution in [3.05, 3.63) is 24.3 Å². The number of hydrogen-bond acceptors (Lipinski definition) is 6. The minimum Gasteiger partial charge on any atom is -0.475 e. The third-order valence-electron chi connectivity index (χ3n) is 3.75. The standard InChI is InChI=1S/C15H21N3O6S/c1-16(2)25(21,22)17(3)10-14(19)18-9-13(15(20)23-4)24-12-8-6-5-7-11(12)18/h5-8,13H,9-10H2,1-4H3. The first kappa shape index (κ1) is 19.2. The van der Waals surface area contributed by atoms with Crippen LogP contribution in [0.15, 0.2) is 24.3 Å². The van der Waals surface area contributed by atoms with Crippen LogP contribution in [0.25, 0.3) is 0 Å². The molecular formula is C15H21N3O6S. The minimum atomic E-state index is -3.73. The molecule has 138 valence electrons. The number of methoxy groups -OCH3 is 1. The Morgan fingerprint density at radius 1 is 1.28 bits per heavy atom. The Kier molecular flexibility index (Phi) is 5.65. The third-order valence-corrected chi connectivity index (χ3v) is 5.59. The summed E-state index contributed by atoms with van der Waals surface area (Å²) in [5.74, 6) is -0.727. The number of amides is 1. The highest BCUT2D eigenvalue weighted by Crippen LogP contribution is 2.33. The molecule has 1 aromatic carbocycles. The third kappa shape index (κ3) is 3.91. The Balaban J connectivity index is 2.27. The summed E-state index contributed by atoms with van der Waals surface area (Å²) in [7, 11) is 1.59. The van der Waals surface area contributed by atoms with Gasteiger partial charge >= 0.3 is 5.97 Å². The fourth-order valence-electron chi connectivity index (χ4n) is 2.36. The van der Waals surface area contributed by atoms with Gasteiger partial charge in [-0.15, -0.1) is 0 Å². The molecule has 0 saturated heterocycles. The van der Waals surface area contributed by atoms with Crippen LogP contribution in [0.1, 0.15) is 0 Å². The molecule has 0 aliphatic carbocycles. The van der Waals surface area contributed by atoms with Gasteiger partial charge in [-0.25, -0.2) is 4.79 Å². The quantitative estimate of drug-likeness (QED) is 0.659. The van der Waals surface area contributed by atoms with Crippen molar-refractivity contribution >= 4 is 27.8 Å². The molecule has 0 spiro atoms. The van der Waals surface area contributed by atoms with Gasteiger partial charge in [-0.2, -0.15) is 17.0 Å². The maximum Gasteiger partial charge on any atom is 0.348 e. The summed E-state index contributed by atoms with van der Waals surface area (Å²) in [4.78, 5) is 25.8. The molecule has 1 heterocycles. The van der Waals surface area contributed by atoms with E-state index in [9.17, 15) is 18.0 Å². The number of anilines is 1. The predicted octanol–water partition coefficient (Wildman–Crippen LogP) is -0.308. The lowest BCUT2D eigenvalue weighted by Crippen LogP contribution is -2.51. The van der Waals surface area contributed by atoms with E-state index in [0.717, 1.165) is 8.61 Å². The molecule has 0 radical (unpaired) electrons. The highest BCUT2D eigenvalue weighted by atomic mass is 32.2. The largest absolute Gasteiger partial charge is 0.475 e. The first-order chi connectivity index (χ1) is 11.7. The smallest absolute Gasteiger partial charge is 0.348 e. The number of rotatable bonds is 5. The molecule has 9 nitrogen and oxygen atoms in total. The Labute approximate surface area is 146 Å². The van der Waals surface area contributed by atoms with E-state index in [4.69, 9.17) is 4.74 Å². The van der Waals surface area contributed by atoms with Gasteiger partial charge in [-0.05, 0) is 12.1 Å². The lowest BCUT2D eigenvalue weighted by atomic mass is 10.2. The van der Waals surface area contributed by atoms with Gasteiger partial charge < -0.3 is 14.4 Å². The number of esters is 1. The van der Waals surface area contributed by atoms with Crippen LogP contribution in [-0.4, -0.2) is 76.4 Å². The molecule has 1 aliphatic rings. The van der Waals surface area contributed by atoms with Crippen molar-refractivity contribution in [3.8, 4) is 5.75 Å². The van der Waals surface area contributed by atoms with E-state index in [-0.39, 0.29) is 13.1 Å². The number of carbonyl (C=O) groups excluding carboxylic acids is 2.